The van der Waals surface area contributed by atoms with Gasteiger partial charge in [-0.3, -0.25) is 0 Å². The third kappa shape index (κ3) is 2.58. The van der Waals surface area contributed by atoms with Gasteiger partial charge in [-0.25, -0.2) is 14.4 Å². The monoisotopic (exact) mass is 233 g/mol. The Morgan fingerprint density at radius 2 is 1.94 bits per heavy atom. The second-order valence-electron chi connectivity index (χ2n) is 3.06. The van der Waals surface area contributed by atoms with E-state index in [-0.39, 0.29) is 5.82 Å². The Morgan fingerprint density at radius 1 is 1.19 bits per heavy atom. The lowest BCUT2D eigenvalue weighted by atomic mass is 10.3. The van der Waals surface area contributed by atoms with Gasteiger partial charge < -0.3 is 5.32 Å². The van der Waals surface area contributed by atoms with Crippen molar-refractivity contribution in [2.75, 3.05) is 5.32 Å². The molecular weight excluding hydrogens is 225 g/mol. The van der Waals surface area contributed by atoms with Crippen LogP contribution in [0.2, 0.25) is 0 Å². The Bertz CT molecular complexity index is 484. The average molecular weight is 233 g/mol. The molecule has 2 aromatic rings. The fourth-order valence-electron chi connectivity index (χ4n) is 1.15. The van der Waals surface area contributed by atoms with Gasteiger partial charge in [-0.2, -0.15) is 0 Å². The highest BCUT2D eigenvalue weighted by Gasteiger charge is 2.02. The molecule has 80 valence electrons. The van der Waals surface area contributed by atoms with Crippen LogP contribution in [0.5, 0.6) is 0 Å². The molecule has 0 saturated heterocycles. The minimum atomic E-state index is -0.279. The summed E-state index contributed by atoms with van der Waals surface area (Å²) < 4.78 is 12.7. The SMILES string of the molecule is Fc1ccc(NC(=S)c2ccncn2)cc1. The lowest BCUT2D eigenvalue weighted by molar-refractivity contribution is 0.628. The van der Waals surface area contributed by atoms with E-state index in [4.69, 9.17) is 12.2 Å². The fraction of sp³-hybridized carbons (Fsp3) is 0. The first-order chi connectivity index (χ1) is 7.75. The molecule has 0 unspecified atom stereocenters. The van der Waals surface area contributed by atoms with Crippen molar-refractivity contribution < 1.29 is 4.39 Å². The van der Waals surface area contributed by atoms with Gasteiger partial charge in [0.15, 0.2) is 0 Å². The molecule has 1 aromatic carbocycles. The van der Waals surface area contributed by atoms with Crippen LogP contribution in [-0.4, -0.2) is 15.0 Å². The van der Waals surface area contributed by atoms with Crippen molar-refractivity contribution in [3.05, 3.63) is 54.4 Å². The number of rotatable bonds is 2. The van der Waals surface area contributed by atoms with Crippen LogP contribution in [0.15, 0.2) is 42.9 Å². The van der Waals surface area contributed by atoms with Gasteiger partial charge in [-0.15, -0.1) is 0 Å². The molecule has 0 atom stereocenters. The molecule has 0 aliphatic heterocycles. The lowest BCUT2D eigenvalue weighted by Gasteiger charge is -2.06. The van der Waals surface area contributed by atoms with E-state index in [9.17, 15) is 4.39 Å². The van der Waals surface area contributed by atoms with Crippen molar-refractivity contribution >= 4 is 22.9 Å². The van der Waals surface area contributed by atoms with Crippen LogP contribution in [0.1, 0.15) is 5.69 Å². The summed E-state index contributed by atoms with van der Waals surface area (Å²) >= 11 is 5.14. The molecule has 1 aromatic heterocycles. The van der Waals surface area contributed by atoms with Crippen LogP contribution in [-0.2, 0) is 0 Å². The first-order valence-electron chi connectivity index (χ1n) is 4.58. The molecule has 3 nitrogen and oxygen atoms in total. The molecule has 5 heteroatoms. The third-order valence-corrected chi connectivity index (χ3v) is 2.23. The van der Waals surface area contributed by atoms with E-state index in [2.05, 4.69) is 15.3 Å². The number of aromatic nitrogens is 2. The standard InChI is InChI=1S/C11H8FN3S/c12-8-1-3-9(4-2-8)15-11(16)10-5-6-13-7-14-10/h1-7H,(H,15,16). The smallest absolute Gasteiger partial charge is 0.129 e. The van der Waals surface area contributed by atoms with Crippen LogP contribution in [0.25, 0.3) is 0 Å². The van der Waals surface area contributed by atoms with Gasteiger partial charge in [0.2, 0.25) is 0 Å². The van der Waals surface area contributed by atoms with E-state index >= 15 is 0 Å². The molecule has 0 radical (unpaired) electrons. The molecule has 0 aliphatic carbocycles. The van der Waals surface area contributed by atoms with Crippen LogP contribution in [0, 0.1) is 5.82 Å². The molecule has 0 aliphatic rings. The predicted molar refractivity (Wildman–Crippen MR) is 63.8 cm³/mol. The van der Waals surface area contributed by atoms with Gasteiger partial charge in [0, 0.05) is 11.9 Å². The molecule has 1 N–H and O–H groups in total. The average Bonchev–Trinajstić information content (AvgIpc) is 2.33. The van der Waals surface area contributed by atoms with Gasteiger partial charge in [0.05, 0.1) is 0 Å². The number of halogens is 1. The number of nitrogens with one attached hydrogen (secondary N) is 1. The zero-order valence-corrected chi connectivity index (χ0v) is 9.04. The minimum absolute atomic E-state index is 0.279. The summed E-state index contributed by atoms with van der Waals surface area (Å²) in [6.07, 6.45) is 3.04. The summed E-state index contributed by atoms with van der Waals surface area (Å²) in [4.78, 5) is 8.28. The summed E-state index contributed by atoms with van der Waals surface area (Å²) in [5.41, 5.74) is 1.36. The maximum atomic E-state index is 12.7. The Kier molecular flexibility index (Phi) is 3.16. The Balaban J connectivity index is 2.11. The lowest BCUT2D eigenvalue weighted by Crippen LogP contribution is -2.12. The quantitative estimate of drug-likeness (QED) is 0.808. The zero-order chi connectivity index (χ0) is 11.4. The van der Waals surface area contributed by atoms with Gasteiger partial charge in [-0.05, 0) is 30.3 Å². The maximum Gasteiger partial charge on any atom is 0.129 e. The summed E-state index contributed by atoms with van der Waals surface area (Å²) in [5.74, 6) is -0.279. The third-order valence-electron chi connectivity index (χ3n) is 1.92. The van der Waals surface area contributed by atoms with Crippen molar-refractivity contribution in [3.63, 3.8) is 0 Å². The van der Waals surface area contributed by atoms with Crippen LogP contribution in [0.3, 0.4) is 0 Å². The predicted octanol–water partition coefficient (Wildman–Crippen LogP) is 2.40. The highest BCUT2D eigenvalue weighted by molar-refractivity contribution is 7.81. The van der Waals surface area contributed by atoms with Crippen molar-refractivity contribution in [3.8, 4) is 0 Å². The summed E-state index contributed by atoms with van der Waals surface area (Å²) in [7, 11) is 0. The van der Waals surface area contributed by atoms with Gasteiger partial charge in [0.1, 0.15) is 22.8 Å². The van der Waals surface area contributed by atoms with E-state index in [0.29, 0.717) is 10.7 Å². The number of thiocarbonyl (C=S) groups is 1. The molecule has 16 heavy (non-hydrogen) atoms. The maximum absolute atomic E-state index is 12.7. The zero-order valence-electron chi connectivity index (χ0n) is 8.22. The van der Waals surface area contributed by atoms with Crippen molar-refractivity contribution in [1.29, 1.82) is 0 Å². The second-order valence-corrected chi connectivity index (χ2v) is 3.46. The molecule has 0 saturated carbocycles. The highest BCUT2D eigenvalue weighted by Crippen LogP contribution is 2.09. The van der Waals surface area contributed by atoms with Gasteiger partial charge >= 0.3 is 0 Å². The summed E-state index contributed by atoms with van der Waals surface area (Å²) in [6, 6.07) is 7.67. The Labute approximate surface area is 97.4 Å². The first kappa shape index (κ1) is 10.6. The molecular formula is C11H8FN3S. The summed E-state index contributed by atoms with van der Waals surface area (Å²) in [6.45, 7) is 0. The van der Waals surface area contributed by atoms with Crippen LogP contribution < -0.4 is 5.32 Å². The Morgan fingerprint density at radius 3 is 2.56 bits per heavy atom. The number of nitrogens with zero attached hydrogens (tertiary/aromatic N) is 2. The largest absolute Gasteiger partial charge is 0.345 e. The molecule has 2 rings (SSSR count). The van der Waals surface area contributed by atoms with Gasteiger partial charge in [0.25, 0.3) is 0 Å². The molecule has 0 spiro atoms. The second kappa shape index (κ2) is 4.76. The number of hydrogen-bond donors (Lipinski definition) is 1. The van der Waals surface area contributed by atoms with E-state index in [0.717, 1.165) is 5.69 Å². The molecule has 1 heterocycles. The summed E-state index contributed by atoms with van der Waals surface area (Å²) in [5, 5.41) is 2.96. The molecule has 0 bridgehead atoms. The number of anilines is 1. The topological polar surface area (TPSA) is 37.8 Å². The van der Waals surface area contributed by atoms with Crippen molar-refractivity contribution in [2.45, 2.75) is 0 Å². The van der Waals surface area contributed by atoms with E-state index in [1.54, 1.807) is 24.4 Å². The van der Waals surface area contributed by atoms with Crippen LogP contribution >= 0.6 is 12.2 Å². The molecule has 0 amide bonds. The van der Waals surface area contributed by atoms with Crippen LogP contribution in [0.4, 0.5) is 10.1 Å². The number of hydrogen-bond acceptors (Lipinski definition) is 3. The Hall–Kier alpha value is -1.88. The van der Waals surface area contributed by atoms with E-state index < -0.39 is 0 Å². The minimum Gasteiger partial charge on any atom is -0.345 e. The number of benzene rings is 1. The molecule has 0 fully saturated rings. The van der Waals surface area contributed by atoms with Crippen molar-refractivity contribution in [1.82, 2.24) is 9.97 Å². The van der Waals surface area contributed by atoms with E-state index in [1.807, 2.05) is 0 Å². The first-order valence-corrected chi connectivity index (χ1v) is 4.99. The van der Waals surface area contributed by atoms with Gasteiger partial charge in [-0.1, -0.05) is 12.2 Å². The van der Waals surface area contributed by atoms with Crippen molar-refractivity contribution in [2.24, 2.45) is 0 Å². The van der Waals surface area contributed by atoms with E-state index in [1.165, 1.54) is 18.5 Å². The highest BCUT2D eigenvalue weighted by atomic mass is 32.1. The normalized spacial score (nSPS) is 9.81. The fourth-order valence-corrected chi connectivity index (χ4v) is 1.39.